The van der Waals surface area contributed by atoms with Crippen LogP contribution in [0, 0.1) is 11.8 Å². The van der Waals surface area contributed by atoms with Crippen molar-refractivity contribution >= 4 is 33.5 Å². The zero-order chi connectivity index (χ0) is 15.5. The Morgan fingerprint density at radius 1 is 1.41 bits per heavy atom. The van der Waals surface area contributed by atoms with Crippen molar-refractivity contribution in [3.05, 3.63) is 40.9 Å². The van der Waals surface area contributed by atoms with E-state index in [1.54, 1.807) is 4.90 Å². The number of anilines is 1. The molecule has 4 atom stereocenters. The summed E-state index contributed by atoms with van der Waals surface area (Å²) < 4.78 is 11.8. The molecule has 1 aromatic rings. The molecule has 22 heavy (non-hydrogen) atoms. The number of rotatable bonds is 2. The lowest BCUT2D eigenvalue weighted by atomic mass is 9.77. The Bertz CT molecular complexity index is 686. The van der Waals surface area contributed by atoms with Gasteiger partial charge >= 0.3 is 5.97 Å². The van der Waals surface area contributed by atoms with Crippen LogP contribution in [0.2, 0.25) is 0 Å². The first-order chi connectivity index (χ1) is 10.6. The molecule has 0 radical (unpaired) electrons. The molecular weight excluding hydrogens is 350 g/mol. The number of esters is 1. The van der Waals surface area contributed by atoms with Gasteiger partial charge in [0.05, 0.1) is 25.7 Å². The zero-order valence-corrected chi connectivity index (χ0v) is 13.4. The van der Waals surface area contributed by atoms with Crippen molar-refractivity contribution in [1.82, 2.24) is 0 Å². The third kappa shape index (κ3) is 1.74. The number of halogens is 1. The Balaban J connectivity index is 1.71. The molecule has 0 unspecified atom stereocenters. The van der Waals surface area contributed by atoms with Crippen LogP contribution in [-0.4, -0.2) is 37.2 Å². The van der Waals surface area contributed by atoms with Crippen molar-refractivity contribution in [3.63, 3.8) is 0 Å². The zero-order valence-electron chi connectivity index (χ0n) is 11.9. The molecule has 3 aliphatic rings. The maximum atomic E-state index is 12.9. The van der Waals surface area contributed by atoms with Gasteiger partial charge in [0.2, 0.25) is 5.91 Å². The first kappa shape index (κ1) is 14.0. The van der Waals surface area contributed by atoms with E-state index in [-0.39, 0.29) is 18.0 Å². The van der Waals surface area contributed by atoms with E-state index in [1.807, 2.05) is 36.4 Å². The van der Waals surface area contributed by atoms with Gasteiger partial charge in [0.15, 0.2) is 0 Å². The molecular formula is C16H14BrNO4. The Morgan fingerprint density at radius 3 is 2.82 bits per heavy atom. The fourth-order valence-corrected chi connectivity index (χ4v) is 4.01. The Hall–Kier alpha value is -1.66. The van der Waals surface area contributed by atoms with Crippen LogP contribution in [0.1, 0.15) is 0 Å². The second kappa shape index (κ2) is 4.67. The van der Waals surface area contributed by atoms with Crippen LogP contribution in [0.25, 0.3) is 0 Å². The van der Waals surface area contributed by atoms with E-state index < -0.39 is 17.4 Å². The molecule has 3 heterocycles. The van der Waals surface area contributed by atoms with E-state index in [9.17, 15) is 9.59 Å². The molecule has 6 heteroatoms. The molecule has 5 nitrogen and oxygen atoms in total. The molecule has 114 valence electrons. The van der Waals surface area contributed by atoms with E-state index in [0.29, 0.717) is 6.54 Å². The molecule has 4 rings (SSSR count). The van der Waals surface area contributed by atoms with Crippen molar-refractivity contribution in [2.45, 2.75) is 11.7 Å². The SMILES string of the molecule is COC(=O)[C@H]1[C@H]2C(=O)N(c3ccc(Br)cc3)C[C@]23C=C[C@H]1O3. The molecule has 0 saturated carbocycles. The Morgan fingerprint density at radius 2 is 2.14 bits per heavy atom. The summed E-state index contributed by atoms with van der Waals surface area (Å²) in [5.41, 5.74) is 0.106. The fraction of sp³-hybridized carbons (Fsp3) is 0.375. The summed E-state index contributed by atoms with van der Waals surface area (Å²) >= 11 is 3.39. The predicted octanol–water partition coefficient (Wildman–Crippen LogP) is 1.91. The number of carbonyl (C=O) groups excluding carboxylic acids is 2. The topological polar surface area (TPSA) is 55.8 Å². The number of amides is 1. The highest BCUT2D eigenvalue weighted by Gasteiger charge is 2.67. The van der Waals surface area contributed by atoms with Crippen LogP contribution < -0.4 is 4.90 Å². The van der Waals surface area contributed by atoms with E-state index in [1.165, 1.54) is 7.11 Å². The van der Waals surface area contributed by atoms with Crippen LogP contribution in [0.3, 0.4) is 0 Å². The number of hydrogen-bond donors (Lipinski definition) is 0. The van der Waals surface area contributed by atoms with Gasteiger partial charge in [-0.15, -0.1) is 0 Å². The quantitative estimate of drug-likeness (QED) is 0.594. The van der Waals surface area contributed by atoms with Gasteiger partial charge in [0, 0.05) is 10.2 Å². The number of fused-ring (bicyclic) bond motifs is 1. The minimum Gasteiger partial charge on any atom is -0.469 e. The molecule has 2 fully saturated rings. The largest absolute Gasteiger partial charge is 0.469 e. The third-order valence-corrected chi connectivity index (χ3v) is 5.24. The van der Waals surface area contributed by atoms with Crippen molar-refractivity contribution in [2.75, 3.05) is 18.6 Å². The summed E-state index contributed by atoms with van der Waals surface area (Å²) in [6.45, 7) is 0.429. The molecule has 1 amide bonds. The molecule has 2 saturated heterocycles. The monoisotopic (exact) mass is 363 g/mol. The minimum atomic E-state index is -0.701. The van der Waals surface area contributed by atoms with Crippen LogP contribution >= 0.6 is 15.9 Å². The minimum absolute atomic E-state index is 0.0791. The van der Waals surface area contributed by atoms with Crippen LogP contribution in [-0.2, 0) is 19.1 Å². The van der Waals surface area contributed by atoms with Gasteiger partial charge < -0.3 is 14.4 Å². The van der Waals surface area contributed by atoms with Crippen molar-refractivity contribution in [3.8, 4) is 0 Å². The maximum Gasteiger partial charge on any atom is 0.312 e. The number of ether oxygens (including phenoxy) is 2. The van der Waals surface area contributed by atoms with Gasteiger partial charge in [-0.1, -0.05) is 28.1 Å². The van der Waals surface area contributed by atoms with E-state index in [0.717, 1.165) is 10.2 Å². The lowest BCUT2D eigenvalue weighted by Gasteiger charge is -2.22. The molecule has 0 aliphatic carbocycles. The number of carbonyl (C=O) groups is 2. The standard InChI is InChI=1S/C16H14BrNO4/c1-21-15(20)12-11-6-7-16(22-11)8-18(14(19)13(12)16)10-4-2-9(17)3-5-10/h2-7,11-13H,8H2,1H3/t11-,12-,13+,16-/m1/s1. The fourth-order valence-electron chi connectivity index (χ4n) is 3.74. The van der Waals surface area contributed by atoms with Gasteiger partial charge in [-0.25, -0.2) is 0 Å². The lowest BCUT2D eigenvalue weighted by molar-refractivity contribution is -0.149. The molecule has 3 aliphatic heterocycles. The Labute approximate surface area is 136 Å². The van der Waals surface area contributed by atoms with Gasteiger partial charge in [-0.3, -0.25) is 9.59 Å². The van der Waals surface area contributed by atoms with Crippen molar-refractivity contribution in [1.29, 1.82) is 0 Å². The van der Waals surface area contributed by atoms with E-state index in [2.05, 4.69) is 15.9 Å². The van der Waals surface area contributed by atoms with Gasteiger partial charge in [0.25, 0.3) is 0 Å². The second-order valence-electron chi connectivity index (χ2n) is 5.82. The molecule has 0 aromatic heterocycles. The lowest BCUT2D eigenvalue weighted by Crippen LogP contribution is -2.39. The summed E-state index contributed by atoms with van der Waals surface area (Å²) in [6, 6.07) is 7.53. The Kier molecular flexibility index (Phi) is 2.96. The van der Waals surface area contributed by atoms with Gasteiger partial charge in [-0.05, 0) is 24.3 Å². The molecule has 0 N–H and O–H groups in total. The van der Waals surface area contributed by atoms with Gasteiger partial charge in [0.1, 0.15) is 11.5 Å². The predicted molar refractivity (Wildman–Crippen MR) is 82.2 cm³/mol. The molecule has 1 aromatic carbocycles. The summed E-state index contributed by atoms with van der Waals surface area (Å²) in [5, 5.41) is 0. The number of methoxy groups -OCH3 is 1. The number of hydrogen-bond acceptors (Lipinski definition) is 4. The van der Waals surface area contributed by atoms with Crippen LogP contribution in [0.5, 0.6) is 0 Å². The summed E-state index contributed by atoms with van der Waals surface area (Å²) in [5.74, 6) is -1.52. The van der Waals surface area contributed by atoms with E-state index >= 15 is 0 Å². The first-order valence-electron chi connectivity index (χ1n) is 7.08. The smallest absolute Gasteiger partial charge is 0.312 e. The van der Waals surface area contributed by atoms with E-state index in [4.69, 9.17) is 9.47 Å². The summed E-state index contributed by atoms with van der Waals surface area (Å²) in [4.78, 5) is 26.6. The highest BCUT2D eigenvalue weighted by molar-refractivity contribution is 9.10. The average Bonchev–Trinajstić information content (AvgIpc) is 3.16. The van der Waals surface area contributed by atoms with Crippen LogP contribution in [0.15, 0.2) is 40.9 Å². The average molecular weight is 364 g/mol. The third-order valence-electron chi connectivity index (χ3n) is 4.71. The van der Waals surface area contributed by atoms with Crippen molar-refractivity contribution < 1.29 is 19.1 Å². The molecule has 1 spiro atoms. The highest BCUT2D eigenvalue weighted by Crippen LogP contribution is 2.52. The normalized spacial score (nSPS) is 35.1. The molecule has 2 bridgehead atoms. The number of nitrogens with zero attached hydrogens (tertiary/aromatic N) is 1. The maximum absolute atomic E-state index is 12.9. The van der Waals surface area contributed by atoms with Crippen molar-refractivity contribution in [2.24, 2.45) is 11.8 Å². The second-order valence-corrected chi connectivity index (χ2v) is 6.74. The summed E-state index contributed by atoms with van der Waals surface area (Å²) in [7, 11) is 1.34. The van der Waals surface area contributed by atoms with Gasteiger partial charge in [-0.2, -0.15) is 0 Å². The summed E-state index contributed by atoms with van der Waals surface area (Å²) in [6.07, 6.45) is 3.45. The first-order valence-corrected chi connectivity index (χ1v) is 7.87. The van der Waals surface area contributed by atoms with Crippen LogP contribution in [0.4, 0.5) is 5.69 Å². The number of benzene rings is 1. The highest BCUT2D eigenvalue weighted by atomic mass is 79.9.